The first-order valence-electron chi connectivity index (χ1n) is 7.01. The van der Waals surface area contributed by atoms with E-state index in [4.69, 9.17) is 10.9 Å². The summed E-state index contributed by atoms with van der Waals surface area (Å²) in [5.74, 6) is 7.90. The molecule has 0 spiro atoms. The minimum atomic E-state index is -0.159. The van der Waals surface area contributed by atoms with E-state index in [1.54, 1.807) is 6.07 Å². The molecule has 1 unspecified atom stereocenters. The van der Waals surface area contributed by atoms with Crippen LogP contribution in [0.5, 0.6) is 0 Å². The first-order valence-corrected chi connectivity index (χ1v) is 7.01. The molecular formula is C14H27N5O. The van der Waals surface area contributed by atoms with E-state index in [1.165, 1.54) is 0 Å². The molecule has 0 aliphatic heterocycles. The number of aliphatic hydroxyl groups excluding tert-OH is 1. The topological polar surface area (TPSA) is 96.1 Å². The van der Waals surface area contributed by atoms with Crippen molar-refractivity contribution in [3.05, 3.63) is 11.9 Å². The summed E-state index contributed by atoms with van der Waals surface area (Å²) in [5, 5.41) is 12.5. The fourth-order valence-electron chi connectivity index (χ4n) is 1.83. The van der Waals surface area contributed by atoms with Crippen molar-refractivity contribution in [3.63, 3.8) is 0 Å². The van der Waals surface area contributed by atoms with E-state index in [0.717, 1.165) is 11.6 Å². The molecule has 0 bridgehead atoms. The Morgan fingerprint density at radius 1 is 1.25 bits per heavy atom. The fraction of sp³-hybridized carbons (Fsp3) is 0.714. The van der Waals surface area contributed by atoms with E-state index in [-0.39, 0.29) is 18.1 Å². The molecule has 0 radical (unpaired) electrons. The van der Waals surface area contributed by atoms with E-state index >= 15 is 0 Å². The Kier molecular flexibility index (Phi) is 5.71. The van der Waals surface area contributed by atoms with Crippen LogP contribution in [0, 0.1) is 5.92 Å². The molecule has 0 amide bonds. The van der Waals surface area contributed by atoms with E-state index in [2.05, 4.69) is 55.3 Å². The summed E-state index contributed by atoms with van der Waals surface area (Å²) in [6.07, 6.45) is 0.678. The zero-order valence-electron chi connectivity index (χ0n) is 13.1. The van der Waals surface area contributed by atoms with Gasteiger partial charge in [-0.25, -0.2) is 15.8 Å². The van der Waals surface area contributed by atoms with Crippen molar-refractivity contribution in [1.29, 1.82) is 0 Å². The number of nitrogen functional groups attached to an aromatic ring is 1. The van der Waals surface area contributed by atoms with Gasteiger partial charge < -0.3 is 15.8 Å². The van der Waals surface area contributed by atoms with Crippen LogP contribution < -0.4 is 16.6 Å². The van der Waals surface area contributed by atoms with Crippen LogP contribution in [0.4, 0.5) is 11.6 Å². The van der Waals surface area contributed by atoms with Gasteiger partial charge in [-0.3, -0.25) is 0 Å². The lowest BCUT2D eigenvalue weighted by Gasteiger charge is -2.24. The average molecular weight is 281 g/mol. The van der Waals surface area contributed by atoms with Crippen molar-refractivity contribution < 1.29 is 5.11 Å². The molecular weight excluding hydrogens is 254 g/mol. The van der Waals surface area contributed by atoms with Crippen molar-refractivity contribution >= 4 is 11.6 Å². The third-order valence-corrected chi connectivity index (χ3v) is 3.12. The van der Waals surface area contributed by atoms with Crippen LogP contribution in [-0.2, 0) is 5.41 Å². The Hall–Kier alpha value is -1.40. The summed E-state index contributed by atoms with van der Waals surface area (Å²) >= 11 is 0. The molecule has 1 atom stereocenters. The number of nitrogens with zero attached hydrogens (tertiary/aromatic N) is 2. The van der Waals surface area contributed by atoms with Gasteiger partial charge in [-0.1, -0.05) is 34.6 Å². The van der Waals surface area contributed by atoms with Crippen LogP contribution in [0.1, 0.15) is 46.9 Å². The maximum absolute atomic E-state index is 9.14. The summed E-state index contributed by atoms with van der Waals surface area (Å²) < 4.78 is 0. The van der Waals surface area contributed by atoms with Gasteiger partial charge in [0.1, 0.15) is 17.5 Å². The van der Waals surface area contributed by atoms with Gasteiger partial charge in [0.05, 0.1) is 0 Å². The van der Waals surface area contributed by atoms with Crippen LogP contribution in [0.2, 0.25) is 0 Å². The molecule has 20 heavy (non-hydrogen) atoms. The fourth-order valence-corrected chi connectivity index (χ4v) is 1.83. The minimum absolute atomic E-state index is 0.148. The number of rotatable bonds is 6. The first-order chi connectivity index (χ1) is 9.27. The highest BCUT2D eigenvalue weighted by molar-refractivity contribution is 5.48. The zero-order valence-corrected chi connectivity index (χ0v) is 13.1. The molecule has 1 aromatic rings. The second-order valence-corrected chi connectivity index (χ2v) is 6.36. The highest BCUT2D eigenvalue weighted by atomic mass is 16.3. The Labute approximate surface area is 121 Å². The highest BCUT2D eigenvalue weighted by Crippen LogP contribution is 2.23. The third kappa shape index (κ3) is 4.61. The van der Waals surface area contributed by atoms with E-state index in [9.17, 15) is 0 Å². The maximum atomic E-state index is 9.14. The molecule has 1 aromatic heterocycles. The molecule has 1 rings (SSSR count). The first kappa shape index (κ1) is 16.7. The highest BCUT2D eigenvalue weighted by Gasteiger charge is 2.20. The van der Waals surface area contributed by atoms with Crippen LogP contribution in [-0.4, -0.2) is 27.7 Å². The number of aliphatic hydroxyl groups is 1. The summed E-state index contributed by atoms with van der Waals surface area (Å²) in [6, 6.07) is 1.94. The summed E-state index contributed by atoms with van der Waals surface area (Å²) in [7, 11) is 0. The number of nitrogens with two attached hydrogens (primary N) is 1. The van der Waals surface area contributed by atoms with Gasteiger partial charge in [0.25, 0.3) is 0 Å². The van der Waals surface area contributed by atoms with Crippen molar-refractivity contribution in [2.75, 3.05) is 17.3 Å². The van der Waals surface area contributed by atoms with E-state index in [0.29, 0.717) is 18.2 Å². The number of nitrogens with one attached hydrogen (secondary N) is 2. The second kappa shape index (κ2) is 6.85. The van der Waals surface area contributed by atoms with Gasteiger partial charge in [-0.05, 0) is 12.3 Å². The number of hydrazine groups is 1. The van der Waals surface area contributed by atoms with Crippen molar-refractivity contribution in [2.45, 2.75) is 52.5 Å². The Morgan fingerprint density at radius 3 is 2.30 bits per heavy atom. The maximum Gasteiger partial charge on any atom is 0.145 e. The summed E-state index contributed by atoms with van der Waals surface area (Å²) in [5.41, 5.74) is 2.41. The lowest BCUT2D eigenvalue weighted by molar-refractivity contribution is 0.267. The zero-order chi connectivity index (χ0) is 15.3. The lowest BCUT2D eigenvalue weighted by Crippen LogP contribution is -2.28. The molecule has 6 heteroatoms. The Bertz CT molecular complexity index is 428. The lowest BCUT2D eigenvalue weighted by atomic mass is 9.95. The Morgan fingerprint density at radius 2 is 1.85 bits per heavy atom. The third-order valence-electron chi connectivity index (χ3n) is 3.12. The van der Waals surface area contributed by atoms with E-state index in [1.807, 2.05) is 0 Å². The molecule has 114 valence electrons. The molecule has 6 nitrogen and oxygen atoms in total. The van der Waals surface area contributed by atoms with Gasteiger partial charge in [0, 0.05) is 24.1 Å². The molecule has 5 N–H and O–H groups in total. The largest absolute Gasteiger partial charge is 0.396 e. The standard InChI is InChI=1S/C14H27N5O/c1-9(2)10(6-7-20)16-11-8-12(19-15)18-13(17-11)14(3,4)5/h8-10,20H,6-7,15H2,1-5H3,(H2,16,17,18,19). The monoisotopic (exact) mass is 281 g/mol. The van der Waals surface area contributed by atoms with Gasteiger partial charge >= 0.3 is 0 Å². The number of hydrogen-bond acceptors (Lipinski definition) is 6. The van der Waals surface area contributed by atoms with Gasteiger partial charge in [-0.2, -0.15) is 0 Å². The molecule has 0 saturated carbocycles. The molecule has 0 aromatic carbocycles. The SMILES string of the molecule is CC(C)C(CCO)Nc1cc(NN)nc(C(C)(C)C)n1. The smallest absolute Gasteiger partial charge is 0.145 e. The molecule has 0 aliphatic rings. The normalized spacial score (nSPS) is 13.4. The molecule has 1 heterocycles. The van der Waals surface area contributed by atoms with Gasteiger partial charge in [-0.15, -0.1) is 0 Å². The van der Waals surface area contributed by atoms with Crippen LogP contribution in [0.3, 0.4) is 0 Å². The molecule has 0 saturated heterocycles. The minimum Gasteiger partial charge on any atom is -0.396 e. The van der Waals surface area contributed by atoms with Crippen molar-refractivity contribution in [3.8, 4) is 0 Å². The van der Waals surface area contributed by atoms with Crippen molar-refractivity contribution in [1.82, 2.24) is 9.97 Å². The number of anilines is 2. The van der Waals surface area contributed by atoms with Gasteiger partial charge in [0.15, 0.2) is 0 Å². The van der Waals surface area contributed by atoms with Crippen LogP contribution >= 0.6 is 0 Å². The summed E-state index contributed by atoms with van der Waals surface area (Å²) in [6.45, 7) is 10.5. The van der Waals surface area contributed by atoms with Crippen LogP contribution in [0.25, 0.3) is 0 Å². The van der Waals surface area contributed by atoms with Crippen LogP contribution in [0.15, 0.2) is 6.07 Å². The predicted molar refractivity (Wildman–Crippen MR) is 82.5 cm³/mol. The quantitative estimate of drug-likeness (QED) is 0.469. The second-order valence-electron chi connectivity index (χ2n) is 6.36. The summed E-state index contributed by atoms with van der Waals surface area (Å²) in [4.78, 5) is 8.94. The average Bonchev–Trinajstić information content (AvgIpc) is 2.36. The van der Waals surface area contributed by atoms with Gasteiger partial charge in [0.2, 0.25) is 0 Å². The number of hydrogen-bond donors (Lipinski definition) is 4. The van der Waals surface area contributed by atoms with E-state index < -0.39 is 0 Å². The number of aromatic nitrogens is 2. The molecule has 0 fully saturated rings. The molecule has 0 aliphatic carbocycles. The van der Waals surface area contributed by atoms with Crippen molar-refractivity contribution in [2.24, 2.45) is 11.8 Å². The predicted octanol–water partition coefficient (Wildman–Crippen LogP) is 1.88. The Balaban J connectivity index is 3.04.